The Bertz CT molecular complexity index is 366. The number of piperidine rings is 1. The van der Waals surface area contributed by atoms with Crippen LogP contribution in [0.15, 0.2) is 30.3 Å². The number of hydrogen-bond donors (Lipinski definition) is 1. The van der Waals surface area contributed by atoms with E-state index in [1.54, 1.807) is 0 Å². The molecule has 0 bridgehead atoms. The zero-order chi connectivity index (χ0) is 12.1. The molecular formula is C14H19NO2. The van der Waals surface area contributed by atoms with Gasteiger partial charge in [0, 0.05) is 19.5 Å². The van der Waals surface area contributed by atoms with E-state index in [-0.39, 0.29) is 6.42 Å². The lowest BCUT2D eigenvalue weighted by atomic mass is 9.90. The fourth-order valence-corrected chi connectivity index (χ4v) is 2.50. The van der Waals surface area contributed by atoms with Crippen LogP contribution in [0.25, 0.3) is 0 Å². The van der Waals surface area contributed by atoms with Gasteiger partial charge in [-0.1, -0.05) is 30.3 Å². The van der Waals surface area contributed by atoms with Crippen LogP contribution >= 0.6 is 0 Å². The van der Waals surface area contributed by atoms with Crippen molar-refractivity contribution >= 4 is 6.29 Å². The third-order valence-electron chi connectivity index (χ3n) is 3.35. The van der Waals surface area contributed by atoms with Gasteiger partial charge in [-0.2, -0.15) is 0 Å². The summed E-state index contributed by atoms with van der Waals surface area (Å²) in [7, 11) is 0. The Hall–Kier alpha value is -1.19. The predicted octanol–water partition coefficient (Wildman–Crippen LogP) is 1.60. The highest BCUT2D eigenvalue weighted by atomic mass is 16.3. The number of rotatable bonds is 4. The summed E-state index contributed by atoms with van der Waals surface area (Å²) in [5.41, 5.74) is 0.442. The molecule has 3 nitrogen and oxygen atoms in total. The minimum absolute atomic E-state index is 0.248. The van der Waals surface area contributed by atoms with Gasteiger partial charge in [-0.15, -0.1) is 0 Å². The van der Waals surface area contributed by atoms with Gasteiger partial charge in [-0.3, -0.25) is 4.90 Å². The van der Waals surface area contributed by atoms with E-state index in [9.17, 15) is 9.90 Å². The first-order valence-electron chi connectivity index (χ1n) is 6.14. The van der Waals surface area contributed by atoms with Crippen molar-refractivity contribution in [3.05, 3.63) is 35.9 Å². The second-order valence-corrected chi connectivity index (χ2v) is 4.89. The first kappa shape index (κ1) is 12.3. The highest BCUT2D eigenvalue weighted by Gasteiger charge is 2.32. The zero-order valence-corrected chi connectivity index (χ0v) is 10.0. The Morgan fingerprint density at radius 2 is 2.12 bits per heavy atom. The monoisotopic (exact) mass is 233 g/mol. The van der Waals surface area contributed by atoms with Crippen LogP contribution in [-0.2, 0) is 11.3 Å². The SMILES string of the molecule is O=CCC1(O)CCCN(Cc2ccccc2)C1. The lowest BCUT2D eigenvalue weighted by Crippen LogP contribution is -2.47. The predicted molar refractivity (Wildman–Crippen MR) is 66.6 cm³/mol. The van der Waals surface area contributed by atoms with Gasteiger partial charge in [0.2, 0.25) is 0 Å². The van der Waals surface area contributed by atoms with Gasteiger partial charge >= 0.3 is 0 Å². The molecule has 1 heterocycles. The Morgan fingerprint density at radius 3 is 2.82 bits per heavy atom. The second-order valence-electron chi connectivity index (χ2n) is 4.89. The van der Waals surface area contributed by atoms with Crippen LogP contribution in [0.1, 0.15) is 24.8 Å². The molecule has 1 aliphatic rings. The summed E-state index contributed by atoms with van der Waals surface area (Å²) in [5, 5.41) is 10.2. The molecule has 0 spiro atoms. The van der Waals surface area contributed by atoms with E-state index >= 15 is 0 Å². The van der Waals surface area contributed by atoms with Crippen molar-refractivity contribution < 1.29 is 9.90 Å². The standard InChI is InChI=1S/C14H19NO2/c16-10-8-14(17)7-4-9-15(12-14)11-13-5-2-1-3-6-13/h1-3,5-6,10,17H,4,7-9,11-12H2. The summed E-state index contributed by atoms with van der Waals surface area (Å²) in [6.07, 6.45) is 2.76. The summed E-state index contributed by atoms with van der Waals surface area (Å²) in [6, 6.07) is 10.2. The van der Waals surface area contributed by atoms with E-state index in [2.05, 4.69) is 17.0 Å². The first-order chi connectivity index (χ1) is 8.22. The zero-order valence-electron chi connectivity index (χ0n) is 10.0. The van der Waals surface area contributed by atoms with E-state index < -0.39 is 5.60 Å². The number of likely N-dealkylation sites (tertiary alicyclic amines) is 1. The van der Waals surface area contributed by atoms with Crippen LogP contribution in [0.3, 0.4) is 0 Å². The molecule has 92 valence electrons. The number of nitrogens with zero attached hydrogens (tertiary/aromatic N) is 1. The molecule has 1 unspecified atom stereocenters. The smallest absolute Gasteiger partial charge is 0.122 e. The Balaban J connectivity index is 1.96. The van der Waals surface area contributed by atoms with Crippen LogP contribution in [-0.4, -0.2) is 35.0 Å². The Labute approximate surface area is 102 Å². The third-order valence-corrected chi connectivity index (χ3v) is 3.35. The fourth-order valence-electron chi connectivity index (χ4n) is 2.50. The molecule has 0 radical (unpaired) electrons. The van der Waals surface area contributed by atoms with Crippen molar-refractivity contribution in [2.24, 2.45) is 0 Å². The fraction of sp³-hybridized carbons (Fsp3) is 0.500. The number of aldehydes is 1. The van der Waals surface area contributed by atoms with Gasteiger partial charge < -0.3 is 9.90 Å². The van der Waals surface area contributed by atoms with Crippen LogP contribution in [0.5, 0.6) is 0 Å². The molecule has 1 fully saturated rings. The van der Waals surface area contributed by atoms with E-state index in [0.717, 1.165) is 32.2 Å². The number of carbonyl (C=O) groups excluding carboxylic acids is 1. The van der Waals surface area contributed by atoms with Crippen molar-refractivity contribution in [2.75, 3.05) is 13.1 Å². The van der Waals surface area contributed by atoms with Crippen LogP contribution in [0, 0.1) is 0 Å². The molecule has 1 aliphatic heterocycles. The topological polar surface area (TPSA) is 40.5 Å². The number of hydrogen-bond acceptors (Lipinski definition) is 3. The van der Waals surface area contributed by atoms with Crippen LogP contribution in [0.4, 0.5) is 0 Å². The number of β-amino-alcohol motifs (C(OH)–C–C–N with tert-alkyl or cyclic N) is 1. The van der Waals surface area contributed by atoms with Crippen LogP contribution in [0.2, 0.25) is 0 Å². The minimum Gasteiger partial charge on any atom is -0.388 e. The lowest BCUT2D eigenvalue weighted by molar-refractivity contribution is -0.115. The quantitative estimate of drug-likeness (QED) is 0.803. The number of benzene rings is 1. The van der Waals surface area contributed by atoms with Crippen LogP contribution < -0.4 is 0 Å². The third kappa shape index (κ3) is 3.38. The van der Waals surface area contributed by atoms with E-state index in [4.69, 9.17) is 0 Å². The van der Waals surface area contributed by atoms with E-state index in [1.165, 1.54) is 5.56 Å². The maximum atomic E-state index is 10.6. The highest BCUT2D eigenvalue weighted by molar-refractivity contribution is 5.51. The highest BCUT2D eigenvalue weighted by Crippen LogP contribution is 2.24. The Kier molecular flexibility index (Phi) is 3.92. The first-order valence-corrected chi connectivity index (χ1v) is 6.14. The molecular weight excluding hydrogens is 214 g/mol. The summed E-state index contributed by atoms with van der Waals surface area (Å²) < 4.78 is 0. The molecule has 0 saturated carbocycles. The molecule has 1 aromatic rings. The maximum absolute atomic E-state index is 10.6. The Morgan fingerprint density at radius 1 is 1.35 bits per heavy atom. The molecule has 0 aliphatic carbocycles. The van der Waals surface area contributed by atoms with Gasteiger partial charge in [-0.05, 0) is 24.9 Å². The van der Waals surface area contributed by atoms with Gasteiger partial charge in [0.1, 0.15) is 6.29 Å². The van der Waals surface area contributed by atoms with Crippen molar-refractivity contribution in [2.45, 2.75) is 31.4 Å². The van der Waals surface area contributed by atoms with Crippen molar-refractivity contribution in [3.8, 4) is 0 Å². The van der Waals surface area contributed by atoms with Gasteiger partial charge in [-0.25, -0.2) is 0 Å². The molecule has 1 N–H and O–H groups in total. The number of carbonyl (C=O) groups is 1. The van der Waals surface area contributed by atoms with Gasteiger partial charge in [0.25, 0.3) is 0 Å². The average Bonchev–Trinajstić information content (AvgIpc) is 2.30. The van der Waals surface area contributed by atoms with E-state index in [1.807, 2.05) is 18.2 Å². The molecule has 1 aromatic carbocycles. The molecule has 2 rings (SSSR count). The number of aliphatic hydroxyl groups is 1. The summed E-state index contributed by atoms with van der Waals surface area (Å²) in [6.45, 7) is 2.44. The average molecular weight is 233 g/mol. The normalized spacial score (nSPS) is 25.7. The molecule has 1 atom stereocenters. The summed E-state index contributed by atoms with van der Waals surface area (Å²) in [4.78, 5) is 12.8. The van der Waals surface area contributed by atoms with Gasteiger partial charge in [0.15, 0.2) is 0 Å². The largest absolute Gasteiger partial charge is 0.388 e. The lowest BCUT2D eigenvalue weighted by Gasteiger charge is -2.38. The minimum atomic E-state index is -0.811. The summed E-state index contributed by atoms with van der Waals surface area (Å²) in [5.74, 6) is 0. The van der Waals surface area contributed by atoms with E-state index in [0.29, 0.717) is 6.54 Å². The molecule has 0 amide bonds. The maximum Gasteiger partial charge on any atom is 0.122 e. The molecule has 0 aromatic heterocycles. The summed E-state index contributed by atoms with van der Waals surface area (Å²) >= 11 is 0. The van der Waals surface area contributed by atoms with Crippen molar-refractivity contribution in [3.63, 3.8) is 0 Å². The molecule has 1 saturated heterocycles. The molecule has 17 heavy (non-hydrogen) atoms. The second kappa shape index (κ2) is 5.43. The molecule has 3 heteroatoms. The van der Waals surface area contributed by atoms with Gasteiger partial charge in [0.05, 0.1) is 5.60 Å². The van der Waals surface area contributed by atoms with Crippen molar-refractivity contribution in [1.29, 1.82) is 0 Å². The van der Waals surface area contributed by atoms with Crippen molar-refractivity contribution in [1.82, 2.24) is 4.90 Å².